The first-order valence-corrected chi connectivity index (χ1v) is 9.75. The van der Waals surface area contributed by atoms with E-state index in [9.17, 15) is 9.59 Å². The van der Waals surface area contributed by atoms with Crippen LogP contribution in [0.15, 0.2) is 60.7 Å². The maximum absolute atomic E-state index is 12.7. The minimum absolute atomic E-state index is 0.195. The van der Waals surface area contributed by atoms with E-state index in [0.29, 0.717) is 23.1 Å². The predicted octanol–water partition coefficient (Wildman–Crippen LogP) is 5.27. The number of carbonyl (C=O) groups excluding carboxylic acids is 2. The van der Waals surface area contributed by atoms with Gasteiger partial charge in [-0.15, -0.1) is 0 Å². The van der Waals surface area contributed by atoms with Gasteiger partial charge >= 0.3 is 5.97 Å². The summed E-state index contributed by atoms with van der Waals surface area (Å²) in [6.07, 6.45) is 2.30. The number of hydrogen-bond donors (Lipinski definition) is 0. The minimum Gasteiger partial charge on any atom is -0.456 e. The number of rotatable bonds is 7. The first-order valence-electron chi connectivity index (χ1n) is 9.75. The summed E-state index contributed by atoms with van der Waals surface area (Å²) in [6.45, 7) is 3.65. The maximum atomic E-state index is 12.7. The van der Waals surface area contributed by atoms with E-state index in [1.165, 1.54) is 0 Å². The number of nitrogens with zero attached hydrogens (tertiary/aromatic N) is 1. The average molecular weight is 389 g/mol. The van der Waals surface area contributed by atoms with Gasteiger partial charge in [-0.25, -0.2) is 4.79 Å². The van der Waals surface area contributed by atoms with Gasteiger partial charge in [-0.1, -0.05) is 30.3 Å². The van der Waals surface area contributed by atoms with Crippen LogP contribution in [0.3, 0.4) is 0 Å². The van der Waals surface area contributed by atoms with E-state index in [1.807, 2.05) is 38.1 Å². The van der Waals surface area contributed by atoms with Crippen molar-refractivity contribution in [2.75, 3.05) is 6.61 Å². The lowest BCUT2D eigenvalue weighted by atomic mass is 10.1. The fourth-order valence-corrected chi connectivity index (χ4v) is 3.58. The van der Waals surface area contributed by atoms with E-state index in [-0.39, 0.29) is 18.0 Å². The molecule has 29 heavy (non-hydrogen) atoms. The summed E-state index contributed by atoms with van der Waals surface area (Å²) < 4.78 is 13.3. The number of ether oxygens (including phenoxy) is 2. The van der Waals surface area contributed by atoms with Gasteiger partial charge in [-0.05, 0) is 57.0 Å². The van der Waals surface area contributed by atoms with E-state index >= 15 is 0 Å². The molecule has 1 aliphatic carbocycles. The number of aromatic nitrogens is 1. The molecule has 0 N–H and O–H groups in total. The molecule has 1 saturated carbocycles. The monoisotopic (exact) mass is 389 g/mol. The highest BCUT2D eigenvalue weighted by Crippen LogP contribution is 2.38. The highest BCUT2D eigenvalue weighted by Gasteiger charge is 2.28. The number of benzene rings is 2. The number of aryl methyl sites for hydroxylation is 1. The van der Waals surface area contributed by atoms with Crippen molar-refractivity contribution in [3.05, 3.63) is 83.2 Å². The molecule has 5 heteroatoms. The Morgan fingerprint density at radius 2 is 1.66 bits per heavy atom. The molecule has 1 aliphatic rings. The summed E-state index contributed by atoms with van der Waals surface area (Å²) in [7, 11) is 0. The van der Waals surface area contributed by atoms with Gasteiger partial charge in [-0.3, -0.25) is 4.79 Å². The van der Waals surface area contributed by atoms with E-state index in [4.69, 9.17) is 9.47 Å². The Morgan fingerprint density at radius 1 is 0.966 bits per heavy atom. The van der Waals surface area contributed by atoms with E-state index in [1.54, 1.807) is 36.4 Å². The Bertz CT molecular complexity index is 1050. The Balaban J connectivity index is 1.45. The molecule has 0 aliphatic heterocycles. The Labute approximate surface area is 169 Å². The molecule has 0 amide bonds. The highest BCUT2D eigenvalue weighted by molar-refractivity contribution is 6.01. The first kappa shape index (κ1) is 19.0. The van der Waals surface area contributed by atoms with Gasteiger partial charge in [0.15, 0.2) is 6.61 Å². The molecule has 1 fully saturated rings. The molecule has 4 rings (SSSR count). The molecule has 0 atom stereocenters. The van der Waals surface area contributed by atoms with Crippen molar-refractivity contribution < 1.29 is 19.1 Å². The van der Waals surface area contributed by atoms with Crippen molar-refractivity contribution in [2.24, 2.45) is 0 Å². The number of esters is 1. The third-order valence-electron chi connectivity index (χ3n) is 5.11. The standard InChI is InChI=1S/C24H23NO4/c1-16-14-21(17(2)25(16)18-12-13-18)22(26)15-28-24(27)20-10-6-7-11-23(20)29-19-8-4-3-5-9-19/h3-11,14,18H,12-13,15H2,1-2H3. The van der Waals surface area contributed by atoms with E-state index in [2.05, 4.69) is 4.57 Å². The Kier molecular flexibility index (Phi) is 5.21. The second-order valence-corrected chi connectivity index (χ2v) is 7.30. The van der Waals surface area contributed by atoms with Crippen LogP contribution < -0.4 is 4.74 Å². The van der Waals surface area contributed by atoms with E-state index < -0.39 is 5.97 Å². The number of carbonyl (C=O) groups is 2. The van der Waals surface area contributed by atoms with Gasteiger partial charge in [0.05, 0.1) is 0 Å². The second-order valence-electron chi connectivity index (χ2n) is 7.30. The van der Waals surface area contributed by atoms with Crippen LogP contribution in [0.4, 0.5) is 0 Å². The quantitative estimate of drug-likeness (QED) is 0.408. The second kappa shape index (κ2) is 7.95. The molecule has 1 heterocycles. The molecule has 148 valence electrons. The van der Waals surface area contributed by atoms with Crippen LogP contribution in [-0.4, -0.2) is 22.9 Å². The van der Waals surface area contributed by atoms with Crippen LogP contribution in [0.1, 0.15) is 51.0 Å². The van der Waals surface area contributed by atoms with Crippen molar-refractivity contribution in [3.8, 4) is 11.5 Å². The van der Waals surface area contributed by atoms with Crippen LogP contribution in [0.2, 0.25) is 0 Å². The van der Waals surface area contributed by atoms with Gasteiger partial charge in [0, 0.05) is 23.0 Å². The third kappa shape index (κ3) is 4.09. The van der Waals surface area contributed by atoms with E-state index in [0.717, 1.165) is 24.2 Å². The molecule has 0 bridgehead atoms. The van der Waals surface area contributed by atoms with Crippen LogP contribution in [0, 0.1) is 13.8 Å². The van der Waals surface area contributed by atoms with Crippen LogP contribution in [-0.2, 0) is 4.74 Å². The van der Waals surface area contributed by atoms with Gasteiger partial charge in [0.2, 0.25) is 5.78 Å². The number of para-hydroxylation sites is 2. The molecule has 3 aromatic rings. The lowest BCUT2D eigenvalue weighted by Crippen LogP contribution is -2.15. The maximum Gasteiger partial charge on any atom is 0.342 e. The van der Waals surface area contributed by atoms with Crippen molar-refractivity contribution >= 4 is 11.8 Å². The fourth-order valence-electron chi connectivity index (χ4n) is 3.58. The fraction of sp³-hybridized carbons (Fsp3) is 0.250. The summed E-state index contributed by atoms with van der Waals surface area (Å²) in [4.78, 5) is 25.3. The lowest BCUT2D eigenvalue weighted by molar-refractivity contribution is 0.0472. The summed E-state index contributed by atoms with van der Waals surface area (Å²) in [6, 6.07) is 18.4. The zero-order valence-corrected chi connectivity index (χ0v) is 16.6. The smallest absolute Gasteiger partial charge is 0.342 e. The molecule has 0 radical (unpaired) electrons. The van der Waals surface area contributed by atoms with Crippen molar-refractivity contribution in [3.63, 3.8) is 0 Å². The summed E-state index contributed by atoms with van der Waals surface area (Å²) in [5.74, 6) is 0.236. The molecule has 5 nitrogen and oxygen atoms in total. The van der Waals surface area contributed by atoms with Gasteiger partial charge in [-0.2, -0.15) is 0 Å². The highest BCUT2D eigenvalue weighted by atomic mass is 16.5. The summed E-state index contributed by atoms with van der Waals surface area (Å²) in [5, 5.41) is 0. The largest absolute Gasteiger partial charge is 0.456 e. The lowest BCUT2D eigenvalue weighted by Gasteiger charge is -2.11. The first-order chi connectivity index (χ1) is 14.0. The molecule has 1 aromatic heterocycles. The number of Topliss-reactive ketones (excluding diaryl/α,β-unsaturated/α-hetero) is 1. The topological polar surface area (TPSA) is 57.5 Å². The van der Waals surface area contributed by atoms with Crippen molar-refractivity contribution in [1.82, 2.24) is 4.57 Å². The Morgan fingerprint density at radius 3 is 2.38 bits per heavy atom. The molecule has 2 aromatic carbocycles. The zero-order chi connectivity index (χ0) is 20.4. The molecule has 0 unspecified atom stereocenters. The predicted molar refractivity (Wildman–Crippen MR) is 110 cm³/mol. The molecule has 0 spiro atoms. The van der Waals surface area contributed by atoms with Crippen molar-refractivity contribution in [1.29, 1.82) is 0 Å². The van der Waals surface area contributed by atoms with Crippen molar-refractivity contribution in [2.45, 2.75) is 32.7 Å². The normalized spacial score (nSPS) is 13.2. The SMILES string of the molecule is Cc1cc(C(=O)COC(=O)c2ccccc2Oc2ccccc2)c(C)n1C1CC1. The van der Waals surface area contributed by atoms with Gasteiger partial charge < -0.3 is 14.0 Å². The Hall–Kier alpha value is -3.34. The summed E-state index contributed by atoms with van der Waals surface area (Å²) in [5.41, 5.74) is 2.92. The minimum atomic E-state index is -0.583. The third-order valence-corrected chi connectivity index (χ3v) is 5.11. The zero-order valence-electron chi connectivity index (χ0n) is 16.6. The summed E-state index contributed by atoms with van der Waals surface area (Å²) >= 11 is 0. The van der Waals surface area contributed by atoms with Gasteiger partial charge in [0.25, 0.3) is 0 Å². The van der Waals surface area contributed by atoms with Crippen LogP contribution >= 0.6 is 0 Å². The number of ketones is 1. The van der Waals surface area contributed by atoms with Crippen LogP contribution in [0.25, 0.3) is 0 Å². The molecular weight excluding hydrogens is 366 g/mol. The average Bonchev–Trinajstić information content (AvgIpc) is 3.51. The molecular formula is C24H23NO4. The molecule has 0 saturated heterocycles. The van der Waals surface area contributed by atoms with Crippen LogP contribution in [0.5, 0.6) is 11.5 Å². The number of hydrogen-bond acceptors (Lipinski definition) is 4. The van der Waals surface area contributed by atoms with Gasteiger partial charge in [0.1, 0.15) is 17.1 Å².